The van der Waals surface area contributed by atoms with Crippen LogP contribution in [0.2, 0.25) is 0 Å². The Labute approximate surface area is 80.9 Å². The van der Waals surface area contributed by atoms with Crippen LogP contribution in [0.3, 0.4) is 0 Å². The monoisotopic (exact) mass is 255 g/mol. The molecule has 72 valence electrons. The predicted molar refractivity (Wildman–Crippen MR) is 43.4 cm³/mol. The van der Waals surface area contributed by atoms with Gasteiger partial charge in [-0.15, -0.1) is 13.2 Å². The molecule has 0 aliphatic rings. The average Bonchev–Trinajstić information content (AvgIpc) is 1.93. The predicted octanol–water partition coefficient (Wildman–Crippen LogP) is 3.05. The molecule has 0 aliphatic heterocycles. The lowest BCUT2D eigenvalue weighted by atomic mass is 10.3. The van der Waals surface area contributed by atoms with Crippen LogP contribution in [0.4, 0.5) is 13.2 Å². The quantitative estimate of drug-likeness (QED) is 0.720. The van der Waals surface area contributed by atoms with E-state index in [1.807, 2.05) is 0 Å². The summed E-state index contributed by atoms with van der Waals surface area (Å²) in [6.45, 7) is 1.44. The van der Waals surface area contributed by atoms with Crippen LogP contribution in [0.25, 0.3) is 0 Å². The Bertz CT molecular complexity index is 313. The van der Waals surface area contributed by atoms with Crippen molar-refractivity contribution in [3.05, 3.63) is 22.4 Å². The number of hydrogen-bond acceptors (Lipinski definition) is 2. The lowest BCUT2D eigenvalue weighted by Gasteiger charge is -2.10. The fraction of sp³-hybridized carbons (Fsp3) is 0.286. The summed E-state index contributed by atoms with van der Waals surface area (Å²) in [5.74, 6) is -0.282. The fourth-order valence-corrected chi connectivity index (χ4v) is 1.15. The van der Waals surface area contributed by atoms with Crippen LogP contribution >= 0.6 is 15.9 Å². The Hall–Kier alpha value is -0.780. The molecule has 13 heavy (non-hydrogen) atoms. The molecule has 0 fully saturated rings. The van der Waals surface area contributed by atoms with E-state index in [0.717, 1.165) is 0 Å². The molecule has 0 saturated carbocycles. The van der Waals surface area contributed by atoms with E-state index in [1.54, 1.807) is 0 Å². The minimum absolute atomic E-state index is 0.187. The van der Waals surface area contributed by atoms with Crippen LogP contribution in [0.1, 0.15) is 5.69 Å². The minimum atomic E-state index is -4.67. The van der Waals surface area contributed by atoms with Crippen LogP contribution in [0.5, 0.6) is 5.75 Å². The largest absolute Gasteiger partial charge is 0.573 e. The first-order valence-electron chi connectivity index (χ1n) is 3.27. The van der Waals surface area contributed by atoms with E-state index in [0.29, 0.717) is 4.60 Å². The standard InChI is InChI=1S/C7H5BrF3NO/c1-4-5(13-7(9,10)11)2-3-6(8)12-4/h2-3H,1H3. The Kier molecular flexibility index (Phi) is 2.80. The number of nitrogens with zero attached hydrogens (tertiary/aromatic N) is 1. The third-order valence-corrected chi connectivity index (χ3v) is 1.67. The number of halogens is 4. The van der Waals surface area contributed by atoms with Crippen molar-refractivity contribution >= 4 is 15.9 Å². The average molecular weight is 256 g/mol. The molecule has 0 amide bonds. The van der Waals surface area contributed by atoms with Gasteiger partial charge in [0.1, 0.15) is 4.60 Å². The molecular weight excluding hydrogens is 251 g/mol. The van der Waals surface area contributed by atoms with Gasteiger partial charge in [0.15, 0.2) is 5.75 Å². The van der Waals surface area contributed by atoms with Crippen molar-refractivity contribution in [2.45, 2.75) is 13.3 Å². The highest BCUT2D eigenvalue weighted by molar-refractivity contribution is 9.10. The normalized spacial score (nSPS) is 11.5. The van der Waals surface area contributed by atoms with E-state index < -0.39 is 6.36 Å². The van der Waals surface area contributed by atoms with E-state index in [9.17, 15) is 13.2 Å². The maximum atomic E-state index is 11.8. The van der Waals surface area contributed by atoms with Crippen molar-refractivity contribution in [3.63, 3.8) is 0 Å². The molecule has 0 bridgehead atoms. The number of aromatic nitrogens is 1. The third kappa shape index (κ3) is 3.22. The van der Waals surface area contributed by atoms with Gasteiger partial charge in [-0.25, -0.2) is 4.98 Å². The second kappa shape index (κ2) is 3.53. The molecule has 1 rings (SSSR count). The third-order valence-electron chi connectivity index (χ3n) is 1.23. The smallest absolute Gasteiger partial charge is 0.404 e. The Morgan fingerprint density at radius 3 is 2.46 bits per heavy atom. The van der Waals surface area contributed by atoms with E-state index in [1.165, 1.54) is 19.1 Å². The lowest BCUT2D eigenvalue weighted by molar-refractivity contribution is -0.275. The second-order valence-corrected chi connectivity index (χ2v) is 3.08. The minimum Gasteiger partial charge on any atom is -0.404 e. The number of hydrogen-bond donors (Lipinski definition) is 0. The number of ether oxygens (including phenoxy) is 1. The molecule has 0 N–H and O–H groups in total. The molecule has 0 unspecified atom stereocenters. The summed E-state index contributed by atoms with van der Waals surface area (Å²) < 4.78 is 39.5. The summed E-state index contributed by atoms with van der Waals surface area (Å²) >= 11 is 3.03. The first-order chi connectivity index (χ1) is 5.88. The van der Waals surface area contributed by atoms with Crippen molar-refractivity contribution in [2.24, 2.45) is 0 Å². The molecule has 2 nitrogen and oxygen atoms in total. The number of pyridine rings is 1. The van der Waals surface area contributed by atoms with Gasteiger partial charge >= 0.3 is 6.36 Å². The summed E-state index contributed by atoms with van der Waals surface area (Å²) in [4.78, 5) is 3.75. The second-order valence-electron chi connectivity index (χ2n) is 2.27. The van der Waals surface area contributed by atoms with Gasteiger partial charge in [0, 0.05) is 0 Å². The molecule has 0 radical (unpaired) electrons. The van der Waals surface area contributed by atoms with Gasteiger partial charge in [-0.3, -0.25) is 0 Å². The topological polar surface area (TPSA) is 22.1 Å². The highest BCUT2D eigenvalue weighted by Gasteiger charge is 2.31. The van der Waals surface area contributed by atoms with Crippen molar-refractivity contribution in [3.8, 4) is 5.75 Å². The summed E-state index contributed by atoms with van der Waals surface area (Å²) in [5, 5.41) is 0. The van der Waals surface area contributed by atoms with E-state index in [2.05, 4.69) is 25.7 Å². The zero-order chi connectivity index (χ0) is 10.1. The Morgan fingerprint density at radius 1 is 1.38 bits per heavy atom. The number of alkyl halides is 3. The van der Waals surface area contributed by atoms with Crippen LogP contribution in [-0.4, -0.2) is 11.3 Å². The molecule has 0 aromatic carbocycles. The summed E-state index contributed by atoms with van der Waals surface area (Å²) in [6.07, 6.45) is -4.67. The zero-order valence-electron chi connectivity index (χ0n) is 6.52. The van der Waals surface area contributed by atoms with Crippen molar-refractivity contribution < 1.29 is 17.9 Å². The first-order valence-corrected chi connectivity index (χ1v) is 4.07. The van der Waals surface area contributed by atoms with Crippen molar-refractivity contribution in [2.75, 3.05) is 0 Å². The molecule has 0 saturated heterocycles. The molecule has 6 heteroatoms. The molecular formula is C7H5BrF3NO. The van der Waals surface area contributed by atoms with Gasteiger partial charge in [-0.1, -0.05) is 0 Å². The number of rotatable bonds is 1. The molecule has 1 aromatic heterocycles. The van der Waals surface area contributed by atoms with E-state index in [4.69, 9.17) is 0 Å². The van der Waals surface area contributed by atoms with Gasteiger partial charge in [0.05, 0.1) is 5.69 Å². The summed E-state index contributed by atoms with van der Waals surface area (Å²) in [7, 11) is 0. The van der Waals surface area contributed by atoms with Crippen LogP contribution in [0, 0.1) is 6.92 Å². The van der Waals surface area contributed by atoms with Crippen molar-refractivity contribution in [1.82, 2.24) is 4.98 Å². The van der Waals surface area contributed by atoms with Gasteiger partial charge in [0.25, 0.3) is 0 Å². The summed E-state index contributed by atoms with van der Waals surface area (Å²) in [6, 6.07) is 2.59. The zero-order valence-corrected chi connectivity index (χ0v) is 8.11. The van der Waals surface area contributed by atoms with E-state index in [-0.39, 0.29) is 11.4 Å². The van der Waals surface area contributed by atoms with Crippen LogP contribution in [0.15, 0.2) is 16.7 Å². The molecule has 1 heterocycles. The molecule has 1 aromatic rings. The Morgan fingerprint density at radius 2 is 2.00 bits per heavy atom. The number of aryl methyl sites for hydroxylation is 1. The Balaban J connectivity index is 2.90. The highest BCUT2D eigenvalue weighted by Crippen LogP contribution is 2.25. The van der Waals surface area contributed by atoms with Crippen molar-refractivity contribution in [1.29, 1.82) is 0 Å². The highest BCUT2D eigenvalue weighted by atomic mass is 79.9. The summed E-state index contributed by atoms with van der Waals surface area (Å²) in [5.41, 5.74) is 0.187. The molecule has 0 atom stereocenters. The maximum Gasteiger partial charge on any atom is 0.573 e. The lowest BCUT2D eigenvalue weighted by Crippen LogP contribution is -2.18. The van der Waals surface area contributed by atoms with Gasteiger partial charge in [-0.2, -0.15) is 0 Å². The fourth-order valence-electron chi connectivity index (χ4n) is 0.750. The first kappa shape index (κ1) is 10.3. The van der Waals surface area contributed by atoms with Gasteiger partial charge in [-0.05, 0) is 35.0 Å². The van der Waals surface area contributed by atoms with Crippen LogP contribution in [-0.2, 0) is 0 Å². The van der Waals surface area contributed by atoms with Gasteiger partial charge in [0.2, 0.25) is 0 Å². The van der Waals surface area contributed by atoms with Gasteiger partial charge < -0.3 is 4.74 Å². The SMILES string of the molecule is Cc1nc(Br)ccc1OC(F)(F)F. The van der Waals surface area contributed by atoms with Crippen LogP contribution < -0.4 is 4.74 Å². The molecule has 0 aliphatic carbocycles. The maximum absolute atomic E-state index is 11.8. The molecule has 0 spiro atoms. The van der Waals surface area contributed by atoms with E-state index >= 15 is 0 Å².